The van der Waals surface area contributed by atoms with Crippen LogP contribution in [0.25, 0.3) is 0 Å². The molecule has 0 amide bonds. The van der Waals surface area contributed by atoms with E-state index in [0.29, 0.717) is 5.92 Å². The minimum atomic E-state index is -0.151. The Bertz CT molecular complexity index is 345. The highest BCUT2D eigenvalue weighted by Gasteiger charge is 2.17. The van der Waals surface area contributed by atoms with Gasteiger partial charge in [-0.05, 0) is 30.0 Å². The topological polar surface area (TPSA) is 52.3 Å². The zero-order chi connectivity index (χ0) is 12.1. The first-order valence-corrected chi connectivity index (χ1v) is 5.48. The van der Waals surface area contributed by atoms with Crippen LogP contribution in [0, 0.1) is 5.92 Å². The van der Waals surface area contributed by atoms with Gasteiger partial charge in [-0.3, -0.25) is 4.79 Å². The molecule has 0 spiro atoms. The summed E-state index contributed by atoms with van der Waals surface area (Å²) in [4.78, 5) is 11.3. The first kappa shape index (κ1) is 12.6. The minimum Gasteiger partial charge on any atom is -0.469 e. The van der Waals surface area contributed by atoms with E-state index < -0.39 is 0 Å². The average molecular weight is 221 g/mol. The first-order valence-electron chi connectivity index (χ1n) is 5.48. The molecule has 0 aliphatic rings. The van der Waals surface area contributed by atoms with Gasteiger partial charge in [0.15, 0.2) is 0 Å². The summed E-state index contributed by atoms with van der Waals surface area (Å²) in [6.07, 6.45) is 0.788. The van der Waals surface area contributed by atoms with E-state index in [9.17, 15) is 4.79 Å². The van der Waals surface area contributed by atoms with Crippen LogP contribution in [0.2, 0.25) is 0 Å². The fourth-order valence-electron chi connectivity index (χ4n) is 1.79. The highest BCUT2D eigenvalue weighted by Crippen LogP contribution is 2.24. The number of benzene rings is 1. The van der Waals surface area contributed by atoms with E-state index in [2.05, 4.69) is 6.92 Å². The molecule has 3 nitrogen and oxygen atoms in total. The van der Waals surface area contributed by atoms with Crippen LogP contribution in [0.1, 0.15) is 31.7 Å². The number of carbonyl (C=O) groups is 1. The van der Waals surface area contributed by atoms with E-state index in [1.54, 1.807) is 0 Å². The Hall–Kier alpha value is -1.51. The van der Waals surface area contributed by atoms with Crippen molar-refractivity contribution in [3.05, 3.63) is 29.8 Å². The summed E-state index contributed by atoms with van der Waals surface area (Å²) in [7, 11) is 1.42. The molecule has 2 N–H and O–H groups in total. The van der Waals surface area contributed by atoms with Crippen LogP contribution in [0.3, 0.4) is 0 Å². The average Bonchev–Trinajstić information content (AvgIpc) is 2.28. The van der Waals surface area contributed by atoms with Crippen molar-refractivity contribution in [2.24, 2.45) is 5.92 Å². The van der Waals surface area contributed by atoms with E-state index >= 15 is 0 Å². The molecule has 2 atom stereocenters. The number of carbonyl (C=O) groups excluding carboxylic acids is 1. The van der Waals surface area contributed by atoms with Gasteiger partial charge in [0.05, 0.1) is 13.0 Å². The predicted molar refractivity (Wildman–Crippen MR) is 65.1 cm³/mol. The maximum absolute atomic E-state index is 11.3. The van der Waals surface area contributed by atoms with Crippen molar-refractivity contribution in [2.75, 3.05) is 12.8 Å². The summed E-state index contributed by atoms with van der Waals surface area (Å²) in [5.41, 5.74) is 7.58. The minimum absolute atomic E-state index is 0.0717. The molecule has 0 radical (unpaired) electrons. The maximum atomic E-state index is 11.3. The van der Waals surface area contributed by atoms with E-state index in [1.165, 1.54) is 12.7 Å². The van der Waals surface area contributed by atoms with Gasteiger partial charge < -0.3 is 10.5 Å². The number of ether oxygens (including phenoxy) is 1. The fourth-order valence-corrected chi connectivity index (χ4v) is 1.79. The summed E-state index contributed by atoms with van der Waals surface area (Å²) < 4.78 is 4.71. The van der Waals surface area contributed by atoms with Crippen molar-refractivity contribution in [3.8, 4) is 0 Å². The van der Waals surface area contributed by atoms with Gasteiger partial charge in [-0.1, -0.05) is 26.0 Å². The molecule has 0 saturated carbocycles. The summed E-state index contributed by atoms with van der Waals surface area (Å²) in [6.45, 7) is 3.99. The van der Waals surface area contributed by atoms with Crippen LogP contribution in [0.4, 0.5) is 5.69 Å². The molecule has 2 unspecified atom stereocenters. The molecule has 0 saturated heterocycles. The smallest absolute Gasteiger partial charge is 0.308 e. The molecular weight excluding hydrogens is 202 g/mol. The molecular formula is C13H19NO2. The summed E-state index contributed by atoms with van der Waals surface area (Å²) in [6, 6.07) is 7.78. The number of hydrogen-bond acceptors (Lipinski definition) is 3. The van der Waals surface area contributed by atoms with E-state index in [-0.39, 0.29) is 11.9 Å². The second kappa shape index (κ2) is 5.54. The van der Waals surface area contributed by atoms with Gasteiger partial charge in [0.1, 0.15) is 0 Å². The van der Waals surface area contributed by atoms with Gasteiger partial charge in [-0.15, -0.1) is 0 Å². The van der Waals surface area contributed by atoms with E-state index in [0.717, 1.165) is 12.1 Å². The van der Waals surface area contributed by atoms with Gasteiger partial charge in [0.25, 0.3) is 0 Å². The molecule has 16 heavy (non-hydrogen) atoms. The molecule has 0 aromatic heterocycles. The molecule has 3 heteroatoms. The zero-order valence-corrected chi connectivity index (χ0v) is 10.1. The molecule has 1 aromatic carbocycles. The summed E-state index contributed by atoms with van der Waals surface area (Å²) in [5, 5.41) is 0. The standard InChI is InChI=1S/C13H19NO2/c1-9(8-10(2)13(15)16-3)11-4-6-12(14)7-5-11/h4-7,9-10H,8,14H2,1-3H3. The van der Waals surface area contributed by atoms with Crippen molar-refractivity contribution >= 4 is 11.7 Å². The van der Waals surface area contributed by atoms with Gasteiger partial charge in [0.2, 0.25) is 0 Å². The second-order valence-corrected chi connectivity index (χ2v) is 4.23. The molecule has 0 aliphatic carbocycles. The largest absolute Gasteiger partial charge is 0.469 e. The van der Waals surface area contributed by atoms with E-state index in [1.807, 2.05) is 31.2 Å². The van der Waals surface area contributed by atoms with Crippen LogP contribution < -0.4 is 5.73 Å². The molecule has 1 aromatic rings. The molecule has 0 heterocycles. The second-order valence-electron chi connectivity index (χ2n) is 4.23. The SMILES string of the molecule is COC(=O)C(C)CC(C)c1ccc(N)cc1. The van der Waals surface area contributed by atoms with Crippen molar-refractivity contribution in [3.63, 3.8) is 0 Å². The number of hydrogen-bond donors (Lipinski definition) is 1. The first-order chi connectivity index (χ1) is 7.54. The molecule has 88 valence electrons. The Labute approximate surface area is 96.6 Å². The Morgan fingerprint density at radius 1 is 1.31 bits per heavy atom. The number of nitrogens with two attached hydrogens (primary N) is 1. The summed E-state index contributed by atoms with van der Waals surface area (Å²) >= 11 is 0. The molecule has 1 rings (SSSR count). The quantitative estimate of drug-likeness (QED) is 0.628. The van der Waals surface area contributed by atoms with Gasteiger partial charge in [-0.25, -0.2) is 0 Å². The van der Waals surface area contributed by atoms with Crippen LogP contribution in [0.5, 0.6) is 0 Å². The van der Waals surface area contributed by atoms with Gasteiger partial charge in [-0.2, -0.15) is 0 Å². The number of anilines is 1. The molecule has 0 bridgehead atoms. The van der Waals surface area contributed by atoms with Crippen LogP contribution in [0.15, 0.2) is 24.3 Å². The Balaban J connectivity index is 2.61. The fraction of sp³-hybridized carbons (Fsp3) is 0.462. The Morgan fingerprint density at radius 3 is 2.38 bits per heavy atom. The lowest BCUT2D eigenvalue weighted by Crippen LogP contribution is -2.15. The van der Waals surface area contributed by atoms with Crippen LogP contribution in [-0.4, -0.2) is 13.1 Å². The number of methoxy groups -OCH3 is 1. The number of rotatable bonds is 4. The number of esters is 1. The monoisotopic (exact) mass is 221 g/mol. The third kappa shape index (κ3) is 3.26. The highest BCUT2D eigenvalue weighted by molar-refractivity contribution is 5.71. The summed E-state index contributed by atoms with van der Waals surface area (Å²) in [5.74, 6) is 0.106. The lowest BCUT2D eigenvalue weighted by molar-refractivity contribution is -0.145. The molecule has 0 fully saturated rings. The predicted octanol–water partition coefficient (Wildman–Crippen LogP) is 2.57. The Kier molecular flexibility index (Phi) is 4.35. The third-order valence-corrected chi connectivity index (χ3v) is 2.82. The third-order valence-electron chi connectivity index (χ3n) is 2.82. The number of nitrogen functional groups attached to an aromatic ring is 1. The normalized spacial score (nSPS) is 14.2. The zero-order valence-electron chi connectivity index (χ0n) is 10.1. The van der Waals surface area contributed by atoms with E-state index in [4.69, 9.17) is 10.5 Å². The Morgan fingerprint density at radius 2 is 1.88 bits per heavy atom. The highest BCUT2D eigenvalue weighted by atomic mass is 16.5. The maximum Gasteiger partial charge on any atom is 0.308 e. The lowest BCUT2D eigenvalue weighted by atomic mass is 9.91. The van der Waals surface area contributed by atoms with Crippen molar-refractivity contribution in [1.82, 2.24) is 0 Å². The molecule has 0 aliphatic heterocycles. The lowest BCUT2D eigenvalue weighted by Gasteiger charge is -2.16. The van der Waals surface area contributed by atoms with Crippen molar-refractivity contribution in [1.29, 1.82) is 0 Å². The van der Waals surface area contributed by atoms with Gasteiger partial charge >= 0.3 is 5.97 Å². The van der Waals surface area contributed by atoms with Crippen molar-refractivity contribution in [2.45, 2.75) is 26.2 Å². The van der Waals surface area contributed by atoms with Crippen molar-refractivity contribution < 1.29 is 9.53 Å². The van der Waals surface area contributed by atoms with Gasteiger partial charge in [0, 0.05) is 5.69 Å². The van der Waals surface area contributed by atoms with Crippen LogP contribution in [-0.2, 0) is 9.53 Å². The van der Waals surface area contributed by atoms with Crippen LogP contribution >= 0.6 is 0 Å².